The quantitative estimate of drug-likeness (QED) is 0.785. The van der Waals surface area contributed by atoms with Crippen molar-refractivity contribution in [3.63, 3.8) is 0 Å². The van der Waals surface area contributed by atoms with E-state index in [1.165, 1.54) is 6.20 Å². The van der Waals surface area contributed by atoms with Crippen molar-refractivity contribution in [3.8, 4) is 0 Å². The molecule has 1 unspecified atom stereocenters. The minimum absolute atomic E-state index is 0.0701. The van der Waals surface area contributed by atoms with Gasteiger partial charge in [0.15, 0.2) is 11.3 Å². The van der Waals surface area contributed by atoms with Gasteiger partial charge in [0, 0.05) is 18.8 Å². The lowest BCUT2D eigenvalue weighted by molar-refractivity contribution is -0.122. The maximum Gasteiger partial charge on any atom is 0.253 e. The van der Waals surface area contributed by atoms with Crippen molar-refractivity contribution in [2.45, 2.75) is 18.9 Å². The zero-order valence-electron chi connectivity index (χ0n) is 13.1. The van der Waals surface area contributed by atoms with E-state index in [4.69, 9.17) is 11.6 Å². The number of carbonyl (C=O) groups excluding carboxylic acids is 2. The Labute approximate surface area is 144 Å². The first-order valence-corrected chi connectivity index (χ1v) is 7.88. The second kappa shape index (κ2) is 6.49. The van der Waals surface area contributed by atoms with Gasteiger partial charge in [0.25, 0.3) is 5.24 Å². The normalized spacial score (nSPS) is 18.8. The monoisotopic (exact) mass is 338 g/mol. The average molecular weight is 339 g/mol. The molecule has 2 aromatic rings. The van der Waals surface area contributed by atoms with Crippen molar-refractivity contribution >= 4 is 28.8 Å². The van der Waals surface area contributed by atoms with Crippen LogP contribution in [0.2, 0.25) is 0 Å². The first-order valence-electron chi connectivity index (χ1n) is 7.50. The second-order valence-electron chi connectivity index (χ2n) is 5.64. The fourth-order valence-electron chi connectivity index (χ4n) is 2.70. The van der Waals surface area contributed by atoms with Gasteiger partial charge in [-0.15, -0.1) is 0 Å². The van der Waals surface area contributed by atoms with Crippen molar-refractivity contribution < 1.29 is 9.59 Å². The highest BCUT2D eigenvalue weighted by Crippen LogP contribution is 2.31. The first kappa shape index (κ1) is 16.3. The van der Waals surface area contributed by atoms with Crippen LogP contribution in [0.1, 0.15) is 27.2 Å². The number of ketones is 1. The summed E-state index contributed by atoms with van der Waals surface area (Å²) >= 11 is 5.45. The zero-order valence-corrected chi connectivity index (χ0v) is 13.8. The SMILES string of the molecule is Cc1ccccc1CC(=O)C1(c2ccc(C(=O)Cl)cn2)C=CC=N1. The molecule has 0 saturated carbocycles. The summed E-state index contributed by atoms with van der Waals surface area (Å²) in [5.41, 5.74) is 1.64. The molecule has 0 bridgehead atoms. The molecule has 1 aromatic heterocycles. The molecule has 0 spiro atoms. The van der Waals surface area contributed by atoms with Gasteiger partial charge in [0.05, 0.1) is 11.3 Å². The van der Waals surface area contributed by atoms with Gasteiger partial charge < -0.3 is 0 Å². The number of nitrogens with zero attached hydrogens (tertiary/aromatic N) is 2. The number of aryl methyl sites for hydroxylation is 1. The lowest BCUT2D eigenvalue weighted by Crippen LogP contribution is -2.33. The number of rotatable bonds is 5. The van der Waals surface area contributed by atoms with E-state index < -0.39 is 10.8 Å². The number of carbonyl (C=O) groups is 2. The van der Waals surface area contributed by atoms with E-state index in [2.05, 4.69) is 9.98 Å². The summed E-state index contributed by atoms with van der Waals surface area (Å²) in [4.78, 5) is 32.8. The fraction of sp³-hybridized carbons (Fsp3) is 0.158. The Morgan fingerprint density at radius 3 is 2.54 bits per heavy atom. The highest BCUT2D eigenvalue weighted by atomic mass is 35.5. The van der Waals surface area contributed by atoms with Crippen LogP contribution < -0.4 is 0 Å². The highest BCUT2D eigenvalue weighted by Gasteiger charge is 2.39. The summed E-state index contributed by atoms with van der Waals surface area (Å²) in [6, 6.07) is 10.9. The van der Waals surface area contributed by atoms with E-state index >= 15 is 0 Å². The topological polar surface area (TPSA) is 59.4 Å². The standard InChI is InChI=1S/C19H15ClN2O2/c1-13-5-2-3-6-14(13)11-17(23)19(9-4-10-22-19)16-8-7-15(12-21-16)18(20)24/h2-10,12H,11H2,1H3. The van der Waals surface area contributed by atoms with Gasteiger partial charge in [-0.05, 0) is 53.9 Å². The third kappa shape index (κ3) is 2.93. The molecule has 1 aromatic carbocycles. The Hall–Kier alpha value is -2.59. The molecule has 5 heteroatoms. The van der Waals surface area contributed by atoms with Gasteiger partial charge in [-0.25, -0.2) is 0 Å². The Morgan fingerprint density at radius 1 is 1.17 bits per heavy atom. The molecule has 2 heterocycles. The zero-order chi connectivity index (χ0) is 17.2. The van der Waals surface area contributed by atoms with Crippen molar-refractivity contribution in [2.75, 3.05) is 0 Å². The number of aromatic nitrogens is 1. The Bertz CT molecular complexity index is 842. The Morgan fingerprint density at radius 2 is 1.96 bits per heavy atom. The minimum atomic E-state index is -1.14. The van der Waals surface area contributed by atoms with Crippen LogP contribution in [0.5, 0.6) is 0 Å². The van der Waals surface area contributed by atoms with Crippen molar-refractivity contribution in [1.82, 2.24) is 4.98 Å². The molecule has 3 rings (SSSR count). The van der Waals surface area contributed by atoms with Crippen molar-refractivity contribution in [1.29, 1.82) is 0 Å². The second-order valence-corrected chi connectivity index (χ2v) is 5.98. The molecular weight excluding hydrogens is 324 g/mol. The summed E-state index contributed by atoms with van der Waals surface area (Å²) in [5, 5.41) is -0.584. The van der Waals surface area contributed by atoms with Gasteiger partial charge in [0.2, 0.25) is 0 Å². The molecule has 4 nitrogen and oxygen atoms in total. The Balaban J connectivity index is 1.95. The molecule has 0 N–H and O–H groups in total. The van der Waals surface area contributed by atoms with Gasteiger partial charge in [-0.1, -0.05) is 24.3 Å². The van der Waals surface area contributed by atoms with E-state index in [9.17, 15) is 9.59 Å². The summed E-state index contributed by atoms with van der Waals surface area (Å²) in [7, 11) is 0. The molecule has 0 saturated heterocycles. The number of pyridine rings is 1. The lowest BCUT2D eigenvalue weighted by atomic mass is 9.86. The molecule has 120 valence electrons. The number of Topliss-reactive ketones (excluding diaryl/α,β-unsaturated/α-hetero) is 1. The molecular formula is C19H15ClN2O2. The molecule has 0 fully saturated rings. The smallest absolute Gasteiger partial charge is 0.253 e. The summed E-state index contributed by atoms with van der Waals surface area (Å²) in [6.07, 6.45) is 6.69. The van der Waals surface area contributed by atoms with Gasteiger partial charge in [-0.3, -0.25) is 19.6 Å². The van der Waals surface area contributed by atoms with E-state index in [0.717, 1.165) is 11.1 Å². The molecule has 1 atom stereocenters. The molecule has 1 aliphatic heterocycles. The van der Waals surface area contributed by atoms with Crippen LogP contribution in [0.15, 0.2) is 59.7 Å². The van der Waals surface area contributed by atoms with Gasteiger partial charge in [-0.2, -0.15) is 0 Å². The largest absolute Gasteiger partial charge is 0.296 e. The van der Waals surface area contributed by atoms with Crippen LogP contribution in [0.4, 0.5) is 0 Å². The number of halogens is 1. The average Bonchev–Trinajstić information content (AvgIpc) is 3.08. The lowest BCUT2D eigenvalue weighted by Gasteiger charge is -2.22. The van der Waals surface area contributed by atoms with E-state index in [0.29, 0.717) is 5.69 Å². The summed E-state index contributed by atoms with van der Waals surface area (Å²) in [6.45, 7) is 1.97. The fourth-order valence-corrected chi connectivity index (χ4v) is 2.81. The van der Waals surface area contributed by atoms with Crippen LogP contribution in [0, 0.1) is 6.92 Å². The number of aliphatic imine (C=N–C) groups is 1. The Kier molecular flexibility index (Phi) is 4.40. The van der Waals surface area contributed by atoms with E-state index in [1.54, 1.807) is 30.5 Å². The summed E-state index contributed by atoms with van der Waals surface area (Å²) < 4.78 is 0. The predicted octanol–water partition coefficient (Wildman–Crippen LogP) is 3.42. The third-order valence-electron chi connectivity index (χ3n) is 4.12. The molecule has 0 radical (unpaired) electrons. The molecule has 0 aliphatic carbocycles. The first-order chi connectivity index (χ1) is 11.5. The third-order valence-corrected chi connectivity index (χ3v) is 4.34. The van der Waals surface area contributed by atoms with Crippen LogP contribution in [-0.2, 0) is 16.8 Å². The number of allylic oxidation sites excluding steroid dienone is 1. The van der Waals surface area contributed by atoms with Gasteiger partial charge >= 0.3 is 0 Å². The maximum absolute atomic E-state index is 13.0. The minimum Gasteiger partial charge on any atom is -0.296 e. The van der Waals surface area contributed by atoms with E-state index in [1.807, 2.05) is 31.2 Å². The van der Waals surface area contributed by atoms with Crippen LogP contribution >= 0.6 is 11.6 Å². The molecule has 1 aliphatic rings. The van der Waals surface area contributed by atoms with Crippen molar-refractivity contribution in [3.05, 3.63) is 77.1 Å². The number of benzene rings is 1. The van der Waals surface area contributed by atoms with Crippen LogP contribution in [-0.4, -0.2) is 22.2 Å². The number of hydrogen-bond acceptors (Lipinski definition) is 4. The molecule has 0 amide bonds. The van der Waals surface area contributed by atoms with E-state index in [-0.39, 0.29) is 17.8 Å². The predicted molar refractivity (Wildman–Crippen MR) is 93.6 cm³/mol. The summed E-state index contributed by atoms with van der Waals surface area (Å²) in [5.74, 6) is -0.0701. The maximum atomic E-state index is 13.0. The van der Waals surface area contributed by atoms with Crippen LogP contribution in [0.25, 0.3) is 0 Å². The van der Waals surface area contributed by atoms with Crippen LogP contribution in [0.3, 0.4) is 0 Å². The number of hydrogen-bond donors (Lipinski definition) is 0. The molecule has 24 heavy (non-hydrogen) atoms. The van der Waals surface area contributed by atoms with Gasteiger partial charge in [0.1, 0.15) is 0 Å². The highest BCUT2D eigenvalue weighted by molar-refractivity contribution is 6.67. The van der Waals surface area contributed by atoms with Crippen molar-refractivity contribution in [2.24, 2.45) is 4.99 Å².